The van der Waals surface area contributed by atoms with Crippen LogP contribution >= 0.6 is 0 Å². The van der Waals surface area contributed by atoms with Gasteiger partial charge in [0.05, 0.1) is 5.52 Å². The fraction of sp³-hybridized carbons (Fsp3) is 0.500. The molecule has 98 valence electrons. The van der Waals surface area contributed by atoms with Crippen LogP contribution in [0.2, 0.25) is 0 Å². The van der Waals surface area contributed by atoms with Crippen LogP contribution in [0.15, 0.2) is 24.3 Å². The summed E-state index contributed by atoms with van der Waals surface area (Å²) in [7, 11) is 0. The molecule has 2 nitrogen and oxygen atoms in total. The minimum atomic E-state index is 0.0462. The highest BCUT2D eigenvalue weighted by Crippen LogP contribution is 2.30. The zero-order valence-electron chi connectivity index (χ0n) is 12.0. The van der Waals surface area contributed by atoms with E-state index in [1.54, 1.807) is 0 Å². The summed E-state index contributed by atoms with van der Waals surface area (Å²) in [4.78, 5) is 0. The molecule has 1 N–H and O–H groups in total. The van der Waals surface area contributed by atoms with Crippen LogP contribution in [0.5, 0.6) is 0 Å². The Labute approximate surface area is 109 Å². The molecular formula is C16H23NO. The lowest BCUT2D eigenvalue weighted by atomic mass is 9.87. The van der Waals surface area contributed by atoms with Crippen molar-refractivity contribution in [3.05, 3.63) is 35.5 Å². The van der Waals surface area contributed by atoms with Crippen LogP contribution in [0.4, 0.5) is 0 Å². The quantitative estimate of drug-likeness (QED) is 0.849. The minimum Gasteiger partial charge on any atom is -0.376 e. The Bertz CT molecular complexity index is 558. The summed E-state index contributed by atoms with van der Waals surface area (Å²) in [5.41, 5.74) is 3.77. The van der Waals surface area contributed by atoms with E-state index >= 15 is 0 Å². The molecule has 0 amide bonds. The van der Waals surface area contributed by atoms with Gasteiger partial charge in [-0.3, -0.25) is 0 Å². The second kappa shape index (κ2) is 4.43. The molecular weight excluding hydrogens is 222 g/mol. The zero-order valence-corrected chi connectivity index (χ0v) is 12.0. The molecule has 0 spiro atoms. The SMILES string of the molecule is CC(C)c1cc2ccc(C(C)(C)C)cc2n1CO. The van der Waals surface area contributed by atoms with E-state index in [1.807, 2.05) is 4.57 Å². The van der Waals surface area contributed by atoms with Crippen LogP contribution in [-0.4, -0.2) is 9.67 Å². The fourth-order valence-electron chi connectivity index (χ4n) is 2.38. The van der Waals surface area contributed by atoms with Gasteiger partial charge in [0, 0.05) is 5.69 Å². The second-order valence-corrected chi connectivity index (χ2v) is 6.32. The Hall–Kier alpha value is -1.28. The predicted octanol–water partition coefficient (Wildman–Crippen LogP) is 4.01. The van der Waals surface area contributed by atoms with Gasteiger partial charge < -0.3 is 9.67 Å². The summed E-state index contributed by atoms with van der Waals surface area (Å²) in [5, 5.41) is 10.8. The molecule has 2 heteroatoms. The lowest BCUT2D eigenvalue weighted by Crippen LogP contribution is -2.11. The molecule has 0 fully saturated rings. The van der Waals surface area contributed by atoms with Gasteiger partial charge in [0.25, 0.3) is 0 Å². The molecule has 0 unspecified atom stereocenters. The molecule has 0 saturated heterocycles. The number of aliphatic hydroxyl groups excluding tert-OH is 1. The fourth-order valence-corrected chi connectivity index (χ4v) is 2.38. The number of nitrogens with zero attached hydrogens (tertiary/aromatic N) is 1. The van der Waals surface area contributed by atoms with Crippen LogP contribution in [0.1, 0.15) is 51.8 Å². The summed E-state index contributed by atoms with van der Waals surface area (Å²) in [6.07, 6.45) is 0. The molecule has 0 saturated carbocycles. The number of aliphatic hydroxyl groups is 1. The van der Waals surface area contributed by atoms with E-state index < -0.39 is 0 Å². The Kier molecular flexibility index (Phi) is 3.24. The van der Waals surface area contributed by atoms with Crippen LogP contribution < -0.4 is 0 Å². The summed E-state index contributed by atoms with van der Waals surface area (Å²) in [6.45, 7) is 11.0. The molecule has 2 rings (SSSR count). The van der Waals surface area contributed by atoms with Crippen molar-refractivity contribution in [1.29, 1.82) is 0 Å². The first-order valence-corrected chi connectivity index (χ1v) is 6.59. The van der Waals surface area contributed by atoms with Gasteiger partial charge in [0.15, 0.2) is 0 Å². The maximum atomic E-state index is 9.61. The first-order chi connectivity index (χ1) is 8.34. The monoisotopic (exact) mass is 245 g/mol. The van der Waals surface area contributed by atoms with Crippen molar-refractivity contribution >= 4 is 10.9 Å². The Morgan fingerprint density at radius 2 is 1.83 bits per heavy atom. The first kappa shape index (κ1) is 13.2. The standard InChI is InChI=1S/C16H23NO/c1-11(2)14-8-12-6-7-13(16(3,4)5)9-15(12)17(14)10-18/h6-9,11,18H,10H2,1-5H3. The molecule has 2 aromatic rings. The average Bonchev–Trinajstić information content (AvgIpc) is 2.65. The van der Waals surface area contributed by atoms with Crippen LogP contribution in [0.25, 0.3) is 10.9 Å². The van der Waals surface area contributed by atoms with Crippen molar-refractivity contribution in [3.63, 3.8) is 0 Å². The smallest absolute Gasteiger partial charge is 0.119 e. The van der Waals surface area contributed by atoms with E-state index in [2.05, 4.69) is 58.9 Å². The van der Waals surface area contributed by atoms with Gasteiger partial charge in [0.1, 0.15) is 6.73 Å². The molecule has 0 bridgehead atoms. The van der Waals surface area contributed by atoms with Crippen molar-refractivity contribution in [1.82, 2.24) is 4.57 Å². The normalized spacial score (nSPS) is 12.6. The summed E-state index contributed by atoms with van der Waals surface area (Å²) >= 11 is 0. The molecule has 1 aromatic carbocycles. The van der Waals surface area contributed by atoms with Crippen molar-refractivity contribution in [3.8, 4) is 0 Å². The van der Waals surface area contributed by atoms with Crippen LogP contribution in [0.3, 0.4) is 0 Å². The third-order valence-corrected chi connectivity index (χ3v) is 3.54. The molecule has 0 aliphatic carbocycles. The average molecular weight is 245 g/mol. The highest BCUT2D eigenvalue weighted by molar-refractivity contribution is 5.82. The molecule has 18 heavy (non-hydrogen) atoms. The van der Waals surface area contributed by atoms with Gasteiger partial charge in [0.2, 0.25) is 0 Å². The summed E-state index contributed by atoms with van der Waals surface area (Å²) < 4.78 is 2.01. The largest absolute Gasteiger partial charge is 0.376 e. The lowest BCUT2D eigenvalue weighted by Gasteiger charge is -2.19. The Morgan fingerprint density at radius 1 is 1.17 bits per heavy atom. The van der Waals surface area contributed by atoms with Gasteiger partial charge in [-0.25, -0.2) is 0 Å². The van der Waals surface area contributed by atoms with E-state index in [0.29, 0.717) is 5.92 Å². The molecule has 0 radical (unpaired) electrons. The maximum Gasteiger partial charge on any atom is 0.119 e. The number of benzene rings is 1. The zero-order chi connectivity index (χ0) is 13.5. The lowest BCUT2D eigenvalue weighted by molar-refractivity contribution is 0.211. The minimum absolute atomic E-state index is 0.0462. The maximum absolute atomic E-state index is 9.61. The van der Waals surface area contributed by atoms with E-state index in [1.165, 1.54) is 16.6 Å². The summed E-state index contributed by atoms with van der Waals surface area (Å²) in [6, 6.07) is 8.74. The number of rotatable bonds is 2. The van der Waals surface area contributed by atoms with E-state index in [4.69, 9.17) is 0 Å². The van der Waals surface area contributed by atoms with Gasteiger partial charge in [-0.05, 0) is 34.4 Å². The molecule has 0 aliphatic rings. The molecule has 0 atom stereocenters. The first-order valence-electron chi connectivity index (χ1n) is 6.59. The number of aromatic nitrogens is 1. The van der Waals surface area contributed by atoms with Gasteiger partial charge in [-0.15, -0.1) is 0 Å². The Morgan fingerprint density at radius 3 is 2.33 bits per heavy atom. The molecule has 1 heterocycles. The van der Waals surface area contributed by atoms with E-state index in [0.717, 1.165) is 5.52 Å². The van der Waals surface area contributed by atoms with Gasteiger partial charge in [-0.1, -0.05) is 46.8 Å². The number of hydrogen-bond donors (Lipinski definition) is 1. The predicted molar refractivity (Wildman–Crippen MR) is 76.9 cm³/mol. The van der Waals surface area contributed by atoms with E-state index in [9.17, 15) is 5.11 Å². The number of hydrogen-bond acceptors (Lipinski definition) is 1. The second-order valence-electron chi connectivity index (χ2n) is 6.32. The highest BCUT2D eigenvalue weighted by Gasteiger charge is 2.17. The van der Waals surface area contributed by atoms with E-state index in [-0.39, 0.29) is 12.1 Å². The Balaban J connectivity index is 2.68. The van der Waals surface area contributed by atoms with Crippen LogP contribution in [-0.2, 0) is 12.1 Å². The summed E-state index contributed by atoms with van der Waals surface area (Å²) in [5.74, 6) is 0.419. The molecule has 1 aromatic heterocycles. The third-order valence-electron chi connectivity index (χ3n) is 3.54. The topological polar surface area (TPSA) is 25.2 Å². The van der Waals surface area contributed by atoms with Crippen molar-refractivity contribution < 1.29 is 5.11 Å². The van der Waals surface area contributed by atoms with Crippen molar-refractivity contribution in [2.24, 2.45) is 0 Å². The molecule has 0 aliphatic heterocycles. The third kappa shape index (κ3) is 2.17. The van der Waals surface area contributed by atoms with Crippen LogP contribution in [0, 0.1) is 0 Å². The van der Waals surface area contributed by atoms with Crippen molar-refractivity contribution in [2.45, 2.75) is 52.7 Å². The van der Waals surface area contributed by atoms with Crippen molar-refractivity contribution in [2.75, 3.05) is 0 Å². The number of fused-ring (bicyclic) bond motifs is 1. The van der Waals surface area contributed by atoms with Gasteiger partial charge >= 0.3 is 0 Å². The highest BCUT2D eigenvalue weighted by atomic mass is 16.3. The van der Waals surface area contributed by atoms with Gasteiger partial charge in [-0.2, -0.15) is 0 Å².